The maximum absolute atomic E-state index is 11.7. The van der Waals surface area contributed by atoms with Gasteiger partial charge in [-0.3, -0.25) is 9.59 Å². The standard InChI is InChI=1S/C8H12N4O3/c1-5(2)12(4-7(13)14)8(15)6-3-9-11-10-6/h3,5H,4H2,1-2H3,(H,13,14)(H,9,10,11). The Hall–Kier alpha value is -1.92. The minimum atomic E-state index is -1.06. The summed E-state index contributed by atoms with van der Waals surface area (Å²) >= 11 is 0. The van der Waals surface area contributed by atoms with Gasteiger partial charge in [0.05, 0.1) is 6.20 Å². The van der Waals surface area contributed by atoms with E-state index in [1.54, 1.807) is 13.8 Å². The summed E-state index contributed by atoms with van der Waals surface area (Å²) in [5.41, 5.74) is 0.116. The molecular weight excluding hydrogens is 200 g/mol. The van der Waals surface area contributed by atoms with E-state index in [0.29, 0.717) is 0 Å². The van der Waals surface area contributed by atoms with Gasteiger partial charge in [0.25, 0.3) is 5.91 Å². The molecule has 1 aromatic heterocycles. The van der Waals surface area contributed by atoms with Gasteiger partial charge in [0.1, 0.15) is 6.54 Å². The lowest BCUT2D eigenvalue weighted by molar-refractivity contribution is -0.138. The Morgan fingerprint density at radius 1 is 1.60 bits per heavy atom. The van der Waals surface area contributed by atoms with E-state index in [0.717, 1.165) is 0 Å². The zero-order chi connectivity index (χ0) is 11.4. The highest BCUT2D eigenvalue weighted by atomic mass is 16.4. The number of carbonyl (C=O) groups excluding carboxylic acids is 1. The molecular formula is C8H12N4O3. The van der Waals surface area contributed by atoms with Crippen LogP contribution in [-0.4, -0.2) is 49.9 Å². The molecule has 0 aliphatic rings. The van der Waals surface area contributed by atoms with Crippen molar-refractivity contribution in [3.63, 3.8) is 0 Å². The average molecular weight is 212 g/mol. The van der Waals surface area contributed by atoms with Crippen LogP contribution in [0.25, 0.3) is 0 Å². The van der Waals surface area contributed by atoms with Gasteiger partial charge in [-0.15, -0.1) is 0 Å². The molecule has 0 aliphatic carbocycles. The largest absolute Gasteiger partial charge is 0.480 e. The number of carboxylic acids is 1. The van der Waals surface area contributed by atoms with Crippen molar-refractivity contribution in [3.05, 3.63) is 11.9 Å². The van der Waals surface area contributed by atoms with Crippen LogP contribution in [0.1, 0.15) is 24.3 Å². The summed E-state index contributed by atoms with van der Waals surface area (Å²) in [6.07, 6.45) is 1.26. The molecule has 7 heteroatoms. The molecule has 0 aromatic carbocycles. The molecule has 15 heavy (non-hydrogen) atoms. The topological polar surface area (TPSA) is 99.2 Å². The number of rotatable bonds is 4. The van der Waals surface area contributed by atoms with E-state index in [2.05, 4.69) is 15.4 Å². The van der Waals surface area contributed by atoms with Crippen LogP contribution in [0.15, 0.2) is 6.20 Å². The third kappa shape index (κ3) is 2.76. The number of carbonyl (C=O) groups is 2. The third-order valence-corrected chi connectivity index (χ3v) is 1.82. The summed E-state index contributed by atoms with van der Waals surface area (Å²) in [7, 11) is 0. The molecule has 1 rings (SSSR count). The monoisotopic (exact) mass is 212 g/mol. The number of aromatic amines is 1. The van der Waals surface area contributed by atoms with E-state index >= 15 is 0 Å². The molecule has 0 radical (unpaired) electrons. The van der Waals surface area contributed by atoms with Crippen molar-refractivity contribution in [3.8, 4) is 0 Å². The van der Waals surface area contributed by atoms with Crippen LogP contribution in [0.4, 0.5) is 0 Å². The first-order chi connectivity index (χ1) is 7.02. The van der Waals surface area contributed by atoms with E-state index in [-0.39, 0.29) is 18.3 Å². The quantitative estimate of drug-likeness (QED) is 0.716. The smallest absolute Gasteiger partial charge is 0.323 e. The number of amides is 1. The number of hydrogen-bond acceptors (Lipinski definition) is 4. The van der Waals surface area contributed by atoms with Crippen molar-refractivity contribution >= 4 is 11.9 Å². The Bertz CT molecular complexity index is 347. The molecule has 0 aliphatic heterocycles. The highest BCUT2D eigenvalue weighted by Gasteiger charge is 2.22. The van der Waals surface area contributed by atoms with Gasteiger partial charge in [-0.25, -0.2) is 0 Å². The Morgan fingerprint density at radius 2 is 2.27 bits per heavy atom. The molecule has 0 spiro atoms. The van der Waals surface area contributed by atoms with Gasteiger partial charge in [0.15, 0.2) is 5.69 Å². The minimum absolute atomic E-state index is 0.116. The second kappa shape index (κ2) is 4.54. The number of aromatic nitrogens is 3. The second-order valence-electron chi connectivity index (χ2n) is 3.28. The molecule has 1 amide bonds. The van der Waals surface area contributed by atoms with Gasteiger partial charge < -0.3 is 10.0 Å². The van der Waals surface area contributed by atoms with E-state index in [9.17, 15) is 9.59 Å². The molecule has 0 unspecified atom stereocenters. The fourth-order valence-corrected chi connectivity index (χ4v) is 1.09. The first-order valence-corrected chi connectivity index (χ1v) is 4.41. The van der Waals surface area contributed by atoms with Gasteiger partial charge >= 0.3 is 5.97 Å². The van der Waals surface area contributed by atoms with E-state index in [1.807, 2.05) is 0 Å². The van der Waals surface area contributed by atoms with Crippen LogP contribution in [0.2, 0.25) is 0 Å². The summed E-state index contributed by atoms with van der Waals surface area (Å²) in [4.78, 5) is 23.5. The lowest BCUT2D eigenvalue weighted by Crippen LogP contribution is -2.40. The second-order valence-corrected chi connectivity index (χ2v) is 3.28. The van der Waals surface area contributed by atoms with Crippen LogP contribution in [0.3, 0.4) is 0 Å². The van der Waals surface area contributed by atoms with Crippen LogP contribution >= 0.6 is 0 Å². The number of hydrogen-bond donors (Lipinski definition) is 2. The number of carboxylic acid groups (broad SMARTS) is 1. The number of H-pyrrole nitrogens is 1. The van der Waals surface area contributed by atoms with Gasteiger partial charge in [0.2, 0.25) is 0 Å². The Labute approximate surface area is 86.1 Å². The first kappa shape index (κ1) is 11.2. The molecule has 7 nitrogen and oxygen atoms in total. The Kier molecular flexibility index (Phi) is 3.37. The number of nitrogens with zero attached hydrogens (tertiary/aromatic N) is 3. The zero-order valence-corrected chi connectivity index (χ0v) is 8.47. The van der Waals surface area contributed by atoms with Crippen molar-refractivity contribution in [2.75, 3.05) is 6.54 Å². The van der Waals surface area contributed by atoms with Crippen molar-refractivity contribution < 1.29 is 14.7 Å². The van der Waals surface area contributed by atoms with E-state index < -0.39 is 11.9 Å². The van der Waals surface area contributed by atoms with Crippen LogP contribution < -0.4 is 0 Å². The summed E-state index contributed by atoms with van der Waals surface area (Å²) < 4.78 is 0. The maximum Gasteiger partial charge on any atom is 0.323 e. The maximum atomic E-state index is 11.7. The van der Waals surface area contributed by atoms with Crippen molar-refractivity contribution in [2.45, 2.75) is 19.9 Å². The van der Waals surface area contributed by atoms with Crippen LogP contribution in [0, 0.1) is 0 Å². The molecule has 82 valence electrons. The summed E-state index contributed by atoms with van der Waals surface area (Å²) in [5, 5.41) is 18.0. The van der Waals surface area contributed by atoms with Crippen molar-refractivity contribution in [1.82, 2.24) is 20.3 Å². The van der Waals surface area contributed by atoms with Crippen LogP contribution in [0.5, 0.6) is 0 Å². The van der Waals surface area contributed by atoms with Crippen molar-refractivity contribution in [2.24, 2.45) is 0 Å². The highest BCUT2D eigenvalue weighted by molar-refractivity contribution is 5.93. The van der Waals surface area contributed by atoms with Gasteiger partial charge in [-0.2, -0.15) is 15.4 Å². The zero-order valence-electron chi connectivity index (χ0n) is 8.47. The molecule has 0 saturated carbocycles. The normalized spacial score (nSPS) is 10.3. The Balaban J connectivity index is 2.81. The average Bonchev–Trinajstić information content (AvgIpc) is 2.65. The molecule has 2 N–H and O–H groups in total. The molecule has 1 heterocycles. The molecule has 0 bridgehead atoms. The molecule has 0 atom stereocenters. The van der Waals surface area contributed by atoms with E-state index in [4.69, 9.17) is 5.11 Å². The molecule has 0 fully saturated rings. The number of aliphatic carboxylic acids is 1. The summed E-state index contributed by atoms with van der Waals surface area (Å²) in [6, 6.07) is -0.203. The minimum Gasteiger partial charge on any atom is -0.480 e. The predicted octanol–water partition coefficient (Wildman–Crippen LogP) is -0.260. The van der Waals surface area contributed by atoms with E-state index in [1.165, 1.54) is 11.1 Å². The SMILES string of the molecule is CC(C)N(CC(=O)O)C(=O)c1cn[nH]n1. The molecule has 1 aromatic rings. The Morgan fingerprint density at radius 3 is 2.67 bits per heavy atom. The fourth-order valence-electron chi connectivity index (χ4n) is 1.09. The van der Waals surface area contributed by atoms with Gasteiger partial charge in [0, 0.05) is 6.04 Å². The van der Waals surface area contributed by atoms with Crippen LogP contribution in [-0.2, 0) is 4.79 Å². The fraction of sp³-hybridized carbons (Fsp3) is 0.500. The molecule has 0 saturated heterocycles. The summed E-state index contributed by atoms with van der Waals surface area (Å²) in [5.74, 6) is -1.50. The highest BCUT2D eigenvalue weighted by Crippen LogP contribution is 2.04. The lowest BCUT2D eigenvalue weighted by Gasteiger charge is -2.23. The third-order valence-electron chi connectivity index (χ3n) is 1.82. The number of nitrogens with one attached hydrogen (secondary N) is 1. The van der Waals surface area contributed by atoms with Gasteiger partial charge in [-0.05, 0) is 13.8 Å². The summed E-state index contributed by atoms with van der Waals surface area (Å²) in [6.45, 7) is 3.13. The lowest BCUT2D eigenvalue weighted by atomic mass is 10.3. The predicted molar refractivity (Wildman–Crippen MR) is 50.2 cm³/mol. The first-order valence-electron chi connectivity index (χ1n) is 4.41. The van der Waals surface area contributed by atoms with Gasteiger partial charge in [-0.1, -0.05) is 0 Å². The van der Waals surface area contributed by atoms with Crippen molar-refractivity contribution in [1.29, 1.82) is 0 Å².